The molecule has 0 amide bonds. The fourth-order valence-electron chi connectivity index (χ4n) is 1.32. The molecule has 1 rings (SSSR count). The minimum Gasteiger partial charge on any atom is -0.298 e. The lowest BCUT2D eigenvalue weighted by molar-refractivity contribution is -0.385. The summed E-state index contributed by atoms with van der Waals surface area (Å²) in [5.41, 5.74) is -1.84. The Balaban J connectivity index is 3.22. The highest BCUT2D eigenvalue weighted by Crippen LogP contribution is 2.32. The molecule has 0 spiro atoms. The summed E-state index contributed by atoms with van der Waals surface area (Å²) in [6.07, 6.45) is -4.96. The molecule has 0 bridgehead atoms. The van der Waals surface area contributed by atoms with Gasteiger partial charge in [-0.15, -0.1) is 0 Å². The van der Waals surface area contributed by atoms with Crippen LogP contribution in [0.25, 0.3) is 0 Å². The number of carbonyl (C=O) groups is 1. The average molecular weight is 326 g/mol. The molecule has 0 saturated heterocycles. The number of nitrogens with zero attached hydrogens (tertiary/aromatic N) is 1. The maximum absolute atomic E-state index is 12.5. The zero-order chi connectivity index (χ0) is 13.9. The normalized spacial score (nSPS) is 11.3. The first-order valence-electron chi connectivity index (χ1n) is 4.67. The van der Waals surface area contributed by atoms with Crippen molar-refractivity contribution in [3.05, 3.63) is 39.4 Å². The molecule has 8 heteroatoms. The SMILES string of the molecule is O=C(CBr)Cc1cc([N+](=O)[O-])cc(C(F)(F)F)c1. The van der Waals surface area contributed by atoms with Gasteiger partial charge in [0.15, 0.2) is 0 Å². The van der Waals surface area contributed by atoms with Crippen LogP contribution >= 0.6 is 15.9 Å². The third kappa shape index (κ3) is 3.80. The van der Waals surface area contributed by atoms with Gasteiger partial charge in [0, 0.05) is 18.6 Å². The van der Waals surface area contributed by atoms with Gasteiger partial charge in [0.25, 0.3) is 5.69 Å². The maximum Gasteiger partial charge on any atom is 0.416 e. The van der Waals surface area contributed by atoms with E-state index in [9.17, 15) is 28.1 Å². The molecular formula is C10H7BrF3NO3. The molecule has 0 N–H and O–H groups in total. The van der Waals surface area contributed by atoms with Crippen LogP contribution in [0.4, 0.5) is 18.9 Å². The van der Waals surface area contributed by atoms with E-state index in [4.69, 9.17) is 0 Å². The van der Waals surface area contributed by atoms with Crippen LogP contribution < -0.4 is 0 Å². The highest BCUT2D eigenvalue weighted by molar-refractivity contribution is 9.09. The van der Waals surface area contributed by atoms with E-state index in [1.807, 2.05) is 0 Å². The van der Waals surface area contributed by atoms with E-state index in [-0.39, 0.29) is 23.1 Å². The Morgan fingerprint density at radius 3 is 2.39 bits per heavy atom. The fraction of sp³-hybridized carbons (Fsp3) is 0.300. The second-order valence-electron chi connectivity index (χ2n) is 3.49. The molecule has 18 heavy (non-hydrogen) atoms. The predicted octanol–water partition coefficient (Wildman–Crippen LogP) is 3.12. The van der Waals surface area contributed by atoms with Crippen molar-refractivity contribution >= 4 is 27.4 Å². The highest BCUT2D eigenvalue weighted by Gasteiger charge is 2.32. The standard InChI is InChI=1S/C10H7BrF3NO3/c11-5-9(16)3-6-1-7(10(12,13)14)4-8(2-6)15(17)18/h1-2,4H,3,5H2. The Labute approximate surface area is 108 Å². The first-order chi connectivity index (χ1) is 8.24. The van der Waals surface area contributed by atoms with Gasteiger partial charge in [0.05, 0.1) is 15.8 Å². The molecule has 98 valence electrons. The Kier molecular flexibility index (Phi) is 4.44. The van der Waals surface area contributed by atoms with E-state index in [1.54, 1.807) is 0 Å². The molecule has 0 heterocycles. The van der Waals surface area contributed by atoms with Crippen LogP contribution in [0.2, 0.25) is 0 Å². The fourth-order valence-corrected chi connectivity index (χ4v) is 1.52. The van der Waals surface area contributed by atoms with Crippen LogP contribution in [0.15, 0.2) is 18.2 Å². The molecule has 1 aromatic rings. The van der Waals surface area contributed by atoms with Crippen molar-refractivity contribution < 1.29 is 22.9 Å². The second kappa shape index (κ2) is 5.47. The van der Waals surface area contributed by atoms with E-state index in [0.717, 1.165) is 12.1 Å². The molecule has 0 aromatic heterocycles. The Morgan fingerprint density at radius 1 is 1.33 bits per heavy atom. The van der Waals surface area contributed by atoms with Crippen molar-refractivity contribution in [3.63, 3.8) is 0 Å². The number of rotatable bonds is 4. The molecule has 0 aliphatic rings. The summed E-state index contributed by atoms with van der Waals surface area (Å²) in [6.45, 7) is 0. The first kappa shape index (κ1) is 14.6. The van der Waals surface area contributed by atoms with Gasteiger partial charge in [-0.2, -0.15) is 13.2 Å². The first-order valence-corrected chi connectivity index (χ1v) is 5.79. The largest absolute Gasteiger partial charge is 0.416 e. The van der Waals surface area contributed by atoms with Gasteiger partial charge >= 0.3 is 6.18 Å². The molecular weight excluding hydrogens is 319 g/mol. The molecule has 0 unspecified atom stereocenters. The van der Waals surface area contributed by atoms with Crippen molar-refractivity contribution in [2.24, 2.45) is 0 Å². The van der Waals surface area contributed by atoms with Gasteiger partial charge in [-0.05, 0) is 11.6 Å². The minimum atomic E-state index is -4.68. The number of hydrogen-bond donors (Lipinski definition) is 0. The van der Waals surface area contributed by atoms with Gasteiger partial charge in [-0.25, -0.2) is 0 Å². The number of alkyl halides is 4. The summed E-state index contributed by atoms with van der Waals surface area (Å²) in [7, 11) is 0. The van der Waals surface area contributed by atoms with Crippen molar-refractivity contribution in [1.29, 1.82) is 0 Å². The summed E-state index contributed by atoms with van der Waals surface area (Å²) >= 11 is 2.87. The van der Waals surface area contributed by atoms with Gasteiger partial charge in [0.1, 0.15) is 5.78 Å². The highest BCUT2D eigenvalue weighted by atomic mass is 79.9. The number of Topliss-reactive ketones (excluding diaryl/α,β-unsaturated/α-hetero) is 1. The number of nitro groups is 1. The quantitative estimate of drug-likeness (QED) is 0.485. The van der Waals surface area contributed by atoms with E-state index in [0.29, 0.717) is 6.07 Å². The van der Waals surface area contributed by atoms with Crippen LogP contribution in [0.3, 0.4) is 0 Å². The van der Waals surface area contributed by atoms with Crippen LogP contribution in [-0.4, -0.2) is 16.0 Å². The monoisotopic (exact) mass is 325 g/mol. The lowest BCUT2D eigenvalue weighted by Gasteiger charge is -2.08. The van der Waals surface area contributed by atoms with E-state index in [1.165, 1.54) is 0 Å². The van der Waals surface area contributed by atoms with E-state index in [2.05, 4.69) is 15.9 Å². The number of nitro benzene ring substituents is 1. The number of non-ortho nitro benzene ring substituents is 1. The summed E-state index contributed by atoms with van der Waals surface area (Å²) in [4.78, 5) is 20.7. The third-order valence-electron chi connectivity index (χ3n) is 2.07. The number of hydrogen-bond acceptors (Lipinski definition) is 3. The zero-order valence-electron chi connectivity index (χ0n) is 8.83. The van der Waals surface area contributed by atoms with Crippen LogP contribution in [0.5, 0.6) is 0 Å². The van der Waals surface area contributed by atoms with Crippen molar-refractivity contribution in [2.75, 3.05) is 5.33 Å². The molecule has 0 saturated carbocycles. The number of benzene rings is 1. The molecule has 1 aromatic carbocycles. The van der Waals surface area contributed by atoms with E-state index >= 15 is 0 Å². The third-order valence-corrected chi connectivity index (χ3v) is 2.69. The topological polar surface area (TPSA) is 60.2 Å². The number of ketones is 1. The summed E-state index contributed by atoms with van der Waals surface area (Å²) in [6, 6.07) is 2.16. The summed E-state index contributed by atoms with van der Waals surface area (Å²) in [5.74, 6) is -0.358. The average Bonchev–Trinajstić information content (AvgIpc) is 2.27. The Hall–Kier alpha value is -1.44. The van der Waals surface area contributed by atoms with Gasteiger partial charge in [-0.1, -0.05) is 15.9 Å². The Morgan fingerprint density at radius 2 is 1.94 bits per heavy atom. The number of carbonyl (C=O) groups excluding carboxylic acids is 1. The van der Waals surface area contributed by atoms with Crippen molar-refractivity contribution in [1.82, 2.24) is 0 Å². The molecule has 0 aliphatic carbocycles. The molecule has 0 aliphatic heterocycles. The van der Waals surface area contributed by atoms with Crippen molar-refractivity contribution in [3.8, 4) is 0 Å². The van der Waals surface area contributed by atoms with Crippen LogP contribution in [0, 0.1) is 10.1 Å². The van der Waals surface area contributed by atoms with Gasteiger partial charge in [0.2, 0.25) is 0 Å². The Bertz CT molecular complexity index is 488. The maximum atomic E-state index is 12.5. The van der Waals surface area contributed by atoms with Crippen LogP contribution in [-0.2, 0) is 17.4 Å². The molecule has 0 atom stereocenters. The van der Waals surface area contributed by atoms with Gasteiger partial charge in [-0.3, -0.25) is 14.9 Å². The lowest BCUT2D eigenvalue weighted by Crippen LogP contribution is -2.09. The molecule has 0 fully saturated rings. The smallest absolute Gasteiger partial charge is 0.298 e. The van der Waals surface area contributed by atoms with Crippen LogP contribution in [0.1, 0.15) is 11.1 Å². The lowest BCUT2D eigenvalue weighted by atomic mass is 10.0. The zero-order valence-corrected chi connectivity index (χ0v) is 10.4. The molecule has 0 radical (unpaired) electrons. The number of halogens is 4. The summed E-state index contributed by atoms with van der Waals surface area (Å²) in [5, 5.41) is 10.5. The van der Waals surface area contributed by atoms with Crippen molar-refractivity contribution in [2.45, 2.75) is 12.6 Å². The van der Waals surface area contributed by atoms with E-state index < -0.39 is 22.4 Å². The second-order valence-corrected chi connectivity index (χ2v) is 4.05. The minimum absolute atomic E-state index is 0.0168. The summed E-state index contributed by atoms with van der Waals surface area (Å²) < 4.78 is 37.5. The molecule has 4 nitrogen and oxygen atoms in total. The predicted molar refractivity (Wildman–Crippen MR) is 60.6 cm³/mol. The van der Waals surface area contributed by atoms with Gasteiger partial charge < -0.3 is 0 Å².